The van der Waals surface area contributed by atoms with Crippen LogP contribution in [0.15, 0.2) is 22.5 Å². The average Bonchev–Trinajstić information content (AvgIpc) is 3.28. The fraction of sp³-hybridized carbons (Fsp3) is 0.444. The molecule has 3 amide bonds. The minimum atomic E-state index is -0.197. The molecule has 4 rings (SSSR count). The van der Waals surface area contributed by atoms with Crippen LogP contribution in [0.2, 0.25) is 0 Å². The highest BCUT2D eigenvalue weighted by atomic mass is 32.2. The lowest BCUT2D eigenvalue weighted by Gasteiger charge is -2.35. The number of hydrogen-bond acceptors (Lipinski definition) is 7. The van der Waals surface area contributed by atoms with Crippen LogP contribution < -0.4 is 10.6 Å². The van der Waals surface area contributed by atoms with E-state index in [-0.39, 0.29) is 23.9 Å². The highest BCUT2D eigenvalue weighted by Gasteiger charge is 2.30. The number of hydrogen-bond donors (Lipinski definition) is 2. The van der Waals surface area contributed by atoms with Gasteiger partial charge in [0.15, 0.2) is 4.34 Å². The topological polar surface area (TPSA) is 107 Å². The number of urea groups is 1. The number of likely N-dealkylation sites (tertiary alicyclic amines) is 1. The smallest absolute Gasteiger partial charge is 0.321 e. The number of ether oxygens (including phenoxy) is 1. The maximum Gasteiger partial charge on any atom is 0.321 e. The molecule has 2 aromatic rings. The predicted octanol–water partition coefficient (Wildman–Crippen LogP) is 2.28. The summed E-state index contributed by atoms with van der Waals surface area (Å²) in [7, 11) is 0. The van der Waals surface area contributed by atoms with E-state index < -0.39 is 0 Å². The zero-order valence-electron chi connectivity index (χ0n) is 15.0. The van der Waals surface area contributed by atoms with E-state index in [4.69, 9.17) is 10.00 Å². The number of carbonyl (C=O) groups excluding carboxylic acids is 2. The van der Waals surface area contributed by atoms with E-state index in [2.05, 4.69) is 21.7 Å². The summed E-state index contributed by atoms with van der Waals surface area (Å²) in [4.78, 5) is 30.3. The molecule has 146 valence electrons. The zero-order valence-corrected chi connectivity index (χ0v) is 16.6. The van der Waals surface area contributed by atoms with Gasteiger partial charge in [0.1, 0.15) is 0 Å². The summed E-state index contributed by atoms with van der Waals surface area (Å²) in [6.07, 6.45) is 0.862. The maximum absolute atomic E-state index is 12.2. The molecule has 2 N–H and O–H groups in total. The van der Waals surface area contributed by atoms with Gasteiger partial charge in [-0.15, -0.1) is 11.3 Å². The van der Waals surface area contributed by atoms with E-state index in [1.165, 1.54) is 23.1 Å². The van der Waals surface area contributed by atoms with Crippen molar-refractivity contribution < 1.29 is 14.3 Å². The number of fused-ring (bicyclic) bond motifs is 1. The molecule has 2 aliphatic rings. The number of anilines is 1. The van der Waals surface area contributed by atoms with E-state index in [1.807, 2.05) is 18.2 Å². The monoisotopic (exact) mass is 417 g/mol. The number of nitrogens with zero attached hydrogens (tertiary/aromatic N) is 3. The summed E-state index contributed by atoms with van der Waals surface area (Å²) in [5, 5.41) is 14.6. The van der Waals surface area contributed by atoms with Crippen molar-refractivity contribution in [1.82, 2.24) is 15.2 Å². The first-order chi connectivity index (χ1) is 13.6. The Morgan fingerprint density at radius 2 is 2.29 bits per heavy atom. The van der Waals surface area contributed by atoms with Crippen molar-refractivity contribution in [1.29, 1.82) is 5.26 Å². The van der Waals surface area contributed by atoms with Crippen LogP contribution in [-0.4, -0.2) is 59.9 Å². The van der Waals surface area contributed by atoms with E-state index in [1.54, 1.807) is 4.90 Å². The van der Waals surface area contributed by atoms with Gasteiger partial charge in [-0.05, 0) is 24.6 Å². The van der Waals surface area contributed by atoms with Crippen molar-refractivity contribution >= 4 is 50.9 Å². The summed E-state index contributed by atoms with van der Waals surface area (Å²) < 4.78 is 7.02. The van der Waals surface area contributed by atoms with Crippen molar-refractivity contribution in [3.63, 3.8) is 0 Å². The second-order valence-electron chi connectivity index (χ2n) is 6.74. The van der Waals surface area contributed by atoms with Gasteiger partial charge in [0.05, 0.1) is 40.6 Å². The molecule has 28 heavy (non-hydrogen) atoms. The van der Waals surface area contributed by atoms with Gasteiger partial charge in [0.2, 0.25) is 5.91 Å². The maximum atomic E-state index is 12.2. The summed E-state index contributed by atoms with van der Waals surface area (Å²) in [6.45, 7) is 2.23. The lowest BCUT2D eigenvalue weighted by Crippen LogP contribution is -2.51. The summed E-state index contributed by atoms with van der Waals surface area (Å²) in [5.74, 6) is 0.236. The molecule has 0 bridgehead atoms. The second-order valence-corrected chi connectivity index (χ2v) is 8.99. The van der Waals surface area contributed by atoms with E-state index >= 15 is 0 Å². The standard InChI is InChI=1S/C18H19N5O3S2/c19-6-11-7-23(8-11)17(25)21-12-1-2-14-15(5-12)28-18(22-14)27-10-16(24)20-13-3-4-26-9-13/h1-2,5,11,13H,3-4,7-10H2,(H,20,24)(H,21,25). The largest absolute Gasteiger partial charge is 0.379 e. The molecular formula is C18H19N5O3S2. The number of thioether (sulfide) groups is 1. The molecular weight excluding hydrogens is 398 g/mol. The van der Waals surface area contributed by atoms with Crippen molar-refractivity contribution in [2.24, 2.45) is 5.92 Å². The van der Waals surface area contributed by atoms with Crippen molar-refractivity contribution in [2.45, 2.75) is 16.8 Å². The molecule has 2 saturated heterocycles. The lowest BCUT2D eigenvalue weighted by atomic mass is 10.0. The van der Waals surface area contributed by atoms with Crippen LogP contribution in [0.5, 0.6) is 0 Å². The highest BCUT2D eigenvalue weighted by molar-refractivity contribution is 8.01. The zero-order chi connectivity index (χ0) is 19.5. The molecule has 1 atom stereocenters. The van der Waals surface area contributed by atoms with Crippen LogP contribution in [0.3, 0.4) is 0 Å². The first kappa shape index (κ1) is 19.0. The number of rotatable bonds is 5. The summed E-state index contributed by atoms with van der Waals surface area (Å²) >= 11 is 2.90. The number of carbonyl (C=O) groups is 2. The highest BCUT2D eigenvalue weighted by Crippen LogP contribution is 2.31. The third-order valence-corrected chi connectivity index (χ3v) is 6.75. The van der Waals surface area contributed by atoms with Gasteiger partial charge < -0.3 is 20.3 Å². The molecule has 2 fully saturated rings. The van der Waals surface area contributed by atoms with Crippen LogP contribution in [0.1, 0.15) is 6.42 Å². The van der Waals surface area contributed by atoms with Crippen molar-refractivity contribution in [2.75, 3.05) is 37.4 Å². The average molecular weight is 418 g/mol. The number of benzene rings is 1. The number of aromatic nitrogens is 1. The number of nitrogens with one attached hydrogen (secondary N) is 2. The van der Waals surface area contributed by atoms with E-state index in [9.17, 15) is 9.59 Å². The Bertz CT molecular complexity index is 929. The fourth-order valence-corrected chi connectivity index (χ4v) is 4.94. The second kappa shape index (κ2) is 8.34. The van der Waals surface area contributed by atoms with Crippen molar-refractivity contribution in [3.05, 3.63) is 18.2 Å². The molecule has 0 spiro atoms. The van der Waals surface area contributed by atoms with Crippen LogP contribution >= 0.6 is 23.1 Å². The normalized spacial score (nSPS) is 19.2. The quantitative estimate of drug-likeness (QED) is 0.723. The molecule has 1 unspecified atom stereocenters. The molecule has 0 aliphatic carbocycles. The molecule has 1 aromatic carbocycles. The first-order valence-corrected chi connectivity index (χ1v) is 10.8. The van der Waals surface area contributed by atoms with Gasteiger partial charge in [0.25, 0.3) is 0 Å². The predicted molar refractivity (Wildman–Crippen MR) is 107 cm³/mol. The van der Waals surface area contributed by atoms with Gasteiger partial charge >= 0.3 is 6.03 Å². The first-order valence-electron chi connectivity index (χ1n) is 8.97. The van der Waals surface area contributed by atoms with Gasteiger partial charge in [-0.1, -0.05) is 11.8 Å². The molecule has 0 saturated carbocycles. The van der Waals surface area contributed by atoms with Gasteiger partial charge in [-0.2, -0.15) is 5.26 Å². The third kappa shape index (κ3) is 4.38. The minimum absolute atomic E-state index is 0.0158. The van der Waals surface area contributed by atoms with Gasteiger partial charge in [-0.3, -0.25) is 4.79 Å². The molecule has 2 aliphatic heterocycles. The molecule has 3 heterocycles. The number of thiazole rings is 1. The molecule has 0 radical (unpaired) electrons. The van der Waals surface area contributed by atoms with Crippen LogP contribution in [0.25, 0.3) is 10.2 Å². The molecule has 1 aromatic heterocycles. The Hall–Kier alpha value is -2.35. The Morgan fingerprint density at radius 3 is 3.04 bits per heavy atom. The lowest BCUT2D eigenvalue weighted by molar-refractivity contribution is -0.119. The summed E-state index contributed by atoms with van der Waals surface area (Å²) in [6, 6.07) is 7.62. The van der Waals surface area contributed by atoms with Gasteiger partial charge in [-0.25, -0.2) is 9.78 Å². The van der Waals surface area contributed by atoms with Crippen LogP contribution in [0.4, 0.5) is 10.5 Å². The Balaban J connectivity index is 1.32. The van der Waals surface area contributed by atoms with E-state index in [0.29, 0.717) is 37.7 Å². The Morgan fingerprint density at radius 1 is 1.43 bits per heavy atom. The summed E-state index contributed by atoms with van der Waals surface area (Å²) in [5.41, 5.74) is 1.53. The molecule has 8 nitrogen and oxygen atoms in total. The SMILES string of the molecule is N#CC1CN(C(=O)Nc2ccc3nc(SCC(=O)NC4CCOC4)sc3c2)C1. The molecule has 10 heteroatoms. The number of nitriles is 1. The van der Waals surface area contributed by atoms with E-state index in [0.717, 1.165) is 21.0 Å². The third-order valence-electron chi connectivity index (χ3n) is 4.59. The van der Waals surface area contributed by atoms with Crippen molar-refractivity contribution in [3.8, 4) is 6.07 Å². The van der Waals surface area contributed by atoms with Crippen LogP contribution in [0, 0.1) is 17.2 Å². The van der Waals surface area contributed by atoms with Gasteiger partial charge in [0, 0.05) is 25.4 Å². The van der Waals surface area contributed by atoms with Crippen LogP contribution in [-0.2, 0) is 9.53 Å². The Labute approximate surface area is 170 Å². The minimum Gasteiger partial charge on any atom is -0.379 e. The fourth-order valence-electron chi connectivity index (χ4n) is 3.02. The Kier molecular flexibility index (Phi) is 5.66. The number of amides is 3.